The van der Waals surface area contributed by atoms with Crippen LogP contribution in [0, 0.1) is 6.92 Å². The number of H-pyrrole nitrogens is 1. The van der Waals surface area contributed by atoms with Crippen LogP contribution in [0.15, 0.2) is 40.0 Å². The number of benzene rings is 1. The molecule has 1 aromatic carbocycles. The van der Waals surface area contributed by atoms with Crippen LogP contribution >= 0.6 is 0 Å². The lowest BCUT2D eigenvalue weighted by Crippen LogP contribution is -2.29. The fraction of sp³-hybridized carbons (Fsp3) is 0.214. The van der Waals surface area contributed by atoms with Gasteiger partial charge in [0.15, 0.2) is 0 Å². The van der Waals surface area contributed by atoms with E-state index in [1.807, 2.05) is 4.72 Å². The summed E-state index contributed by atoms with van der Waals surface area (Å²) >= 11 is 0. The van der Waals surface area contributed by atoms with Gasteiger partial charge in [-0.25, -0.2) is 13.5 Å². The Morgan fingerprint density at radius 3 is 2.57 bits per heavy atom. The van der Waals surface area contributed by atoms with Crippen LogP contribution in [-0.4, -0.2) is 36.2 Å². The van der Waals surface area contributed by atoms with Crippen molar-refractivity contribution < 1.29 is 18.3 Å². The summed E-state index contributed by atoms with van der Waals surface area (Å²) in [6.45, 7) is 1.07. The Labute approximate surface area is 132 Å². The van der Waals surface area contributed by atoms with Gasteiger partial charge >= 0.3 is 5.97 Å². The molecule has 2 aromatic rings. The van der Waals surface area contributed by atoms with Gasteiger partial charge in [-0.3, -0.25) is 9.59 Å². The molecule has 0 aliphatic rings. The monoisotopic (exact) mass is 337 g/mol. The maximum atomic E-state index is 11.9. The van der Waals surface area contributed by atoms with Crippen LogP contribution < -0.4 is 10.3 Å². The molecule has 0 saturated carbocycles. The van der Waals surface area contributed by atoms with Crippen molar-refractivity contribution in [1.29, 1.82) is 0 Å². The van der Waals surface area contributed by atoms with E-state index in [-0.39, 0.29) is 10.5 Å². The van der Waals surface area contributed by atoms with Crippen LogP contribution in [0.2, 0.25) is 0 Å². The maximum absolute atomic E-state index is 11.9. The van der Waals surface area contributed by atoms with Crippen molar-refractivity contribution in [2.75, 3.05) is 6.54 Å². The number of carbonyl (C=O) groups is 1. The number of aromatic nitrogens is 2. The van der Waals surface area contributed by atoms with E-state index in [9.17, 15) is 18.0 Å². The standard InChI is InChI=1S/C14H15N3O5S/c1-9-6-11(14(20)17-16-9)7-10-2-4-12(5-3-10)23(21,22)15-8-13(18)19/h2-6,15H,7-8H2,1H3,(H,17,20)(H,18,19). The number of rotatable bonds is 6. The van der Waals surface area contributed by atoms with Crippen LogP contribution in [0.1, 0.15) is 16.8 Å². The zero-order chi connectivity index (χ0) is 17.0. The van der Waals surface area contributed by atoms with E-state index in [1.165, 1.54) is 12.1 Å². The molecule has 1 heterocycles. The third-order valence-electron chi connectivity index (χ3n) is 3.05. The Morgan fingerprint density at radius 1 is 1.30 bits per heavy atom. The average Bonchev–Trinajstić information content (AvgIpc) is 2.50. The van der Waals surface area contributed by atoms with E-state index in [0.717, 1.165) is 5.56 Å². The van der Waals surface area contributed by atoms with Gasteiger partial charge in [0.25, 0.3) is 5.56 Å². The molecule has 9 heteroatoms. The lowest BCUT2D eigenvalue weighted by molar-refractivity contribution is -0.135. The molecule has 0 unspecified atom stereocenters. The van der Waals surface area contributed by atoms with E-state index in [4.69, 9.17) is 5.11 Å². The Bertz CT molecular complexity index is 872. The van der Waals surface area contributed by atoms with Crippen molar-refractivity contribution in [3.05, 3.63) is 57.5 Å². The molecule has 2 rings (SSSR count). The van der Waals surface area contributed by atoms with Crippen molar-refractivity contribution in [2.24, 2.45) is 0 Å². The Balaban J connectivity index is 2.18. The van der Waals surface area contributed by atoms with Crippen molar-refractivity contribution in [2.45, 2.75) is 18.2 Å². The van der Waals surface area contributed by atoms with Gasteiger partial charge in [0.1, 0.15) is 6.54 Å². The number of aliphatic carboxylic acids is 1. The first kappa shape index (κ1) is 16.8. The quantitative estimate of drug-likeness (QED) is 0.682. The Hall–Kier alpha value is -2.52. The zero-order valence-electron chi connectivity index (χ0n) is 12.2. The summed E-state index contributed by atoms with van der Waals surface area (Å²) in [4.78, 5) is 22.1. The molecule has 23 heavy (non-hydrogen) atoms. The van der Waals surface area contributed by atoms with Gasteiger partial charge in [0.05, 0.1) is 10.6 Å². The smallest absolute Gasteiger partial charge is 0.318 e. The first-order valence-corrected chi connectivity index (χ1v) is 8.12. The van der Waals surface area contributed by atoms with E-state index in [1.54, 1.807) is 25.1 Å². The molecule has 1 aromatic heterocycles. The fourth-order valence-corrected chi connectivity index (χ4v) is 2.91. The van der Waals surface area contributed by atoms with E-state index < -0.39 is 22.5 Å². The highest BCUT2D eigenvalue weighted by atomic mass is 32.2. The number of hydrogen-bond acceptors (Lipinski definition) is 5. The summed E-state index contributed by atoms with van der Waals surface area (Å²) < 4.78 is 25.7. The molecular weight excluding hydrogens is 322 g/mol. The molecule has 0 saturated heterocycles. The second-order valence-electron chi connectivity index (χ2n) is 4.90. The number of sulfonamides is 1. The van der Waals surface area contributed by atoms with Crippen molar-refractivity contribution >= 4 is 16.0 Å². The van der Waals surface area contributed by atoms with Crippen LogP contribution in [0.5, 0.6) is 0 Å². The minimum Gasteiger partial charge on any atom is -0.480 e. The van der Waals surface area contributed by atoms with Gasteiger partial charge in [0.2, 0.25) is 10.0 Å². The van der Waals surface area contributed by atoms with E-state index in [0.29, 0.717) is 17.7 Å². The number of carboxylic acid groups (broad SMARTS) is 1. The van der Waals surface area contributed by atoms with Crippen LogP contribution in [0.4, 0.5) is 0 Å². The van der Waals surface area contributed by atoms with E-state index in [2.05, 4.69) is 10.2 Å². The van der Waals surface area contributed by atoms with E-state index >= 15 is 0 Å². The summed E-state index contributed by atoms with van der Waals surface area (Å²) in [7, 11) is -3.87. The van der Waals surface area contributed by atoms with Gasteiger partial charge in [0, 0.05) is 12.0 Å². The van der Waals surface area contributed by atoms with Gasteiger partial charge in [-0.2, -0.15) is 9.82 Å². The molecule has 0 atom stereocenters. The molecule has 3 N–H and O–H groups in total. The van der Waals surface area contributed by atoms with Crippen LogP contribution in [-0.2, 0) is 21.2 Å². The molecule has 0 aliphatic carbocycles. The van der Waals surface area contributed by atoms with Crippen molar-refractivity contribution in [1.82, 2.24) is 14.9 Å². The van der Waals surface area contributed by atoms with Crippen LogP contribution in [0.25, 0.3) is 0 Å². The molecule has 0 amide bonds. The highest BCUT2D eigenvalue weighted by molar-refractivity contribution is 7.89. The summed E-state index contributed by atoms with van der Waals surface area (Å²) in [5.41, 5.74) is 1.66. The van der Waals surface area contributed by atoms with Gasteiger partial charge < -0.3 is 5.11 Å². The first-order chi connectivity index (χ1) is 10.8. The first-order valence-electron chi connectivity index (χ1n) is 6.63. The minimum absolute atomic E-state index is 0.0395. The molecule has 8 nitrogen and oxygen atoms in total. The highest BCUT2D eigenvalue weighted by Gasteiger charge is 2.15. The second kappa shape index (κ2) is 6.71. The second-order valence-corrected chi connectivity index (χ2v) is 6.67. The number of nitrogens with one attached hydrogen (secondary N) is 2. The number of aromatic amines is 1. The summed E-state index contributed by atoms with van der Waals surface area (Å²) in [5, 5.41) is 14.7. The summed E-state index contributed by atoms with van der Waals surface area (Å²) in [6, 6.07) is 7.54. The van der Waals surface area contributed by atoms with Gasteiger partial charge in [-0.1, -0.05) is 12.1 Å². The Morgan fingerprint density at radius 2 is 1.96 bits per heavy atom. The number of nitrogens with zero attached hydrogens (tertiary/aromatic N) is 1. The number of aryl methyl sites for hydroxylation is 1. The lowest BCUT2D eigenvalue weighted by Gasteiger charge is -2.06. The normalized spacial score (nSPS) is 11.3. The zero-order valence-corrected chi connectivity index (χ0v) is 13.1. The highest BCUT2D eigenvalue weighted by Crippen LogP contribution is 2.12. The predicted octanol–water partition coefficient (Wildman–Crippen LogP) is 0.0320. The van der Waals surface area contributed by atoms with Crippen molar-refractivity contribution in [3.63, 3.8) is 0 Å². The van der Waals surface area contributed by atoms with Crippen molar-refractivity contribution in [3.8, 4) is 0 Å². The van der Waals surface area contributed by atoms with Gasteiger partial charge in [-0.15, -0.1) is 0 Å². The fourth-order valence-electron chi connectivity index (χ4n) is 1.94. The molecule has 0 bridgehead atoms. The largest absolute Gasteiger partial charge is 0.480 e. The number of carboxylic acids is 1. The molecule has 0 radical (unpaired) electrons. The molecule has 0 aliphatic heterocycles. The summed E-state index contributed by atoms with van der Waals surface area (Å²) in [5.74, 6) is -1.27. The summed E-state index contributed by atoms with van der Waals surface area (Å²) in [6.07, 6.45) is 0.335. The maximum Gasteiger partial charge on any atom is 0.318 e. The predicted molar refractivity (Wildman–Crippen MR) is 81.7 cm³/mol. The van der Waals surface area contributed by atoms with Crippen LogP contribution in [0.3, 0.4) is 0 Å². The molecule has 122 valence electrons. The topological polar surface area (TPSA) is 129 Å². The average molecular weight is 337 g/mol. The lowest BCUT2D eigenvalue weighted by atomic mass is 10.1. The molecule has 0 fully saturated rings. The number of hydrogen-bond donors (Lipinski definition) is 3. The minimum atomic E-state index is -3.87. The SMILES string of the molecule is Cc1cc(Cc2ccc(S(=O)(=O)NCC(=O)O)cc2)c(=O)[nH]n1. The molecule has 0 spiro atoms. The third kappa shape index (κ3) is 4.47. The Kier molecular flexibility index (Phi) is 4.92. The van der Waals surface area contributed by atoms with Gasteiger partial charge in [-0.05, 0) is 30.7 Å². The molecular formula is C14H15N3O5S. The third-order valence-corrected chi connectivity index (χ3v) is 4.47.